The van der Waals surface area contributed by atoms with E-state index >= 15 is 0 Å². The molecular weight excluding hydrogens is 220 g/mol. The fraction of sp³-hybridized carbons (Fsp3) is 0.500. The summed E-state index contributed by atoms with van der Waals surface area (Å²) >= 11 is 0. The number of amides is 1. The monoisotopic (exact) mass is 236 g/mol. The smallest absolute Gasteiger partial charge is 0.236 e. The highest BCUT2D eigenvalue weighted by atomic mass is 16.1. The normalized spacial score (nSPS) is 14.5. The van der Waals surface area contributed by atoms with Crippen molar-refractivity contribution in [2.24, 2.45) is 11.6 Å². The third kappa shape index (κ3) is 2.82. The lowest BCUT2D eigenvalue weighted by Gasteiger charge is -2.17. The summed E-state index contributed by atoms with van der Waals surface area (Å²) in [5.74, 6) is 7.34. The van der Waals surface area contributed by atoms with E-state index in [1.165, 1.54) is 0 Å². The van der Waals surface area contributed by atoms with Gasteiger partial charge in [0.15, 0.2) is 0 Å². The Labute approximate surface area is 99.2 Å². The van der Waals surface area contributed by atoms with Gasteiger partial charge in [-0.15, -0.1) is 0 Å². The van der Waals surface area contributed by atoms with Gasteiger partial charge in [0, 0.05) is 19.0 Å². The number of nitrogen functional groups attached to an aromatic ring is 1. The number of nitrogens with two attached hydrogens (primary N) is 2. The number of nitrogens with zero attached hydrogens (tertiary/aromatic N) is 3. The van der Waals surface area contributed by atoms with Gasteiger partial charge in [-0.25, -0.2) is 15.8 Å². The van der Waals surface area contributed by atoms with Crippen LogP contribution in [0, 0.1) is 0 Å². The minimum Gasteiger partial charge on any atom is -0.368 e. The van der Waals surface area contributed by atoms with Crippen molar-refractivity contribution in [2.75, 3.05) is 23.9 Å². The molecule has 1 aliphatic rings. The molecule has 1 aromatic rings. The van der Waals surface area contributed by atoms with Crippen molar-refractivity contribution in [1.29, 1.82) is 0 Å². The van der Waals surface area contributed by atoms with Crippen LogP contribution in [-0.2, 0) is 4.79 Å². The summed E-state index contributed by atoms with van der Waals surface area (Å²) in [6, 6.07) is 1.69. The second-order valence-corrected chi connectivity index (χ2v) is 4.21. The van der Waals surface area contributed by atoms with Gasteiger partial charge < -0.3 is 16.1 Å². The first-order valence-corrected chi connectivity index (χ1v) is 5.45. The molecule has 17 heavy (non-hydrogen) atoms. The van der Waals surface area contributed by atoms with Crippen molar-refractivity contribution in [1.82, 2.24) is 9.97 Å². The molecule has 92 valence electrons. The maximum Gasteiger partial charge on any atom is 0.236 e. The largest absolute Gasteiger partial charge is 0.368 e. The first-order chi connectivity index (χ1) is 8.10. The number of primary amides is 1. The van der Waals surface area contributed by atoms with Crippen molar-refractivity contribution in [2.45, 2.75) is 18.8 Å². The lowest BCUT2D eigenvalue weighted by Crippen LogP contribution is -2.31. The lowest BCUT2D eigenvalue weighted by molar-refractivity contribution is -0.116. The van der Waals surface area contributed by atoms with E-state index < -0.39 is 5.91 Å². The zero-order valence-electron chi connectivity index (χ0n) is 9.68. The molecule has 7 nitrogen and oxygen atoms in total. The van der Waals surface area contributed by atoms with Crippen LogP contribution in [0.25, 0.3) is 0 Å². The Kier molecular flexibility index (Phi) is 3.10. The minimum absolute atomic E-state index is 0.116. The minimum atomic E-state index is -0.402. The van der Waals surface area contributed by atoms with Crippen LogP contribution in [0.5, 0.6) is 0 Å². The van der Waals surface area contributed by atoms with Crippen molar-refractivity contribution in [3.63, 3.8) is 0 Å². The summed E-state index contributed by atoms with van der Waals surface area (Å²) < 4.78 is 0. The highest BCUT2D eigenvalue weighted by Gasteiger charge is 2.27. The Hall–Kier alpha value is -1.89. The highest BCUT2D eigenvalue weighted by Crippen LogP contribution is 2.38. The molecule has 1 saturated carbocycles. The number of aromatic nitrogens is 2. The molecule has 2 rings (SSSR count). The van der Waals surface area contributed by atoms with Gasteiger partial charge in [0.2, 0.25) is 5.91 Å². The Balaban J connectivity index is 2.25. The van der Waals surface area contributed by atoms with Crippen molar-refractivity contribution in [3.8, 4) is 0 Å². The van der Waals surface area contributed by atoms with E-state index in [1.807, 2.05) is 0 Å². The van der Waals surface area contributed by atoms with Crippen LogP contribution < -0.4 is 21.9 Å². The number of hydrazine groups is 1. The number of anilines is 2. The number of hydrogen-bond acceptors (Lipinski definition) is 6. The van der Waals surface area contributed by atoms with Gasteiger partial charge in [-0.05, 0) is 12.8 Å². The third-order valence-electron chi connectivity index (χ3n) is 2.60. The maximum atomic E-state index is 10.9. The van der Waals surface area contributed by atoms with E-state index in [0.717, 1.165) is 18.7 Å². The summed E-state index contributed by atoms with van der Waals surface area (Å²) in [5.41, 5.74) is 7.65. The number of carbonyl (C=O) groups is 1. The average Bonchev–Trinajstić information content (AvgIpc) is 3.11. The molecule has 1 amide bonds. The molecule has 0 atom stereocenters. The summed E-state index contributed by atoms with van der Waals surface area (Å²) in [4.78, 5) is 21.2. The van der Waals surface area contributed by atoms with Gasteiger partial charge in [0.1, 0.15) is 17.5 Å². The summed E-state index contributed by atoms with van der Waals surface area (Å²) in [6.45, 7) is 0.116. The number of hydrogen-bond donors (Lipinski definition) is 3. The molecular formula is C10H16N6O. The van der Waals surface area contributed by atoms with Crippen molar-refractivity contribution < 1.29 is 4.79 Å². The van der Waals surface area contributed by atoms with Gasteiger partial charge in [0.05, 0.1) is 6.54 Å². The lowest BCUT2D eigenvalue weighted by atomic mass is 10.3. The average molecular weight is 236 g/mol. The first-order valence-electron chi connectivity index (χ1n) is 5.45. The molecule has 1 heterocycles. The third-order valence-corrected chi connectivity index (χ3v) is 2.60. The summed E-state index contributed by atoms with van der Waals surface area (Å²) in [7, 11) is 1.75. The molecule has 1 aromatic heterocycles. The van der Waals surface area contributed by atoms with Gasteiger partial charge >= 0.3 is 0 Å². The van der Waals surface area contributed by atoms with E-state index in [4.69, 9.17) is 11.6 Å². The van der Waals surface area contributed by atoms with E-state index in [-0.39, 0.29) is 6.54 Å². The van der Waals surface area contributed by atoms with E-state index in [1.54, 1.807) is 18.0 Å². The summed E-state index contributed by atoms with van der Waals surface area (Å²) in [6.07, 6.45) is 2.21. The Morgan fingerprint density at radius 1 is 1.59 bits per heavy atom. The second kappa shape index (κ2) is 4.54. The molecule has 0 bridgehead atoms. The molecule has 5 N–H and O–H groups in total. The SMILES string of the molecule is CN(CC(N)=O)c1cc(NN)nc(C2CC2)n1. The molecule has 1 aliphatic carbocycles. The maximum absolute atomic E-state index is 10.9. The van der Waals surface area contributed by atoms with Crippen LogP contribution in [0.4, 0.5) is 11.6 Å². The number of likely N-dealkylation sites (N-methyl/N-ethyl adjacent to an activating group) is 1. The van der Waals surface area contributed by atoms with Crippen LogP contribution >= 0.6 is 0 Å². The molecule has 1 fully saturated rings. The Morgan fingerprint density at radius 2 is 2.29 bits per heavy atom. The zero-order valence-corrected chi connectivity index (χ0v) is 9.68. The topological polar surface area (TPSA) is 110 Å². The molecule has 0 aromatic carbocycles. The first kappa shape index (κ1) is 11.6. The predicted molar refractivity (Wildman–Crippen MR) is 64.3 cm³/mol. The highest BCUT2D eigenvalue weighted by molar-refractivity contribution is 5.79. The fourth-order valence-electron chi connectivity index (χ4n) is 1.56. The van der Waals surface area contributed by atoms with E-state index in [9.17, 15) is 4.79 Å². The van der Waals surface area contributed by atoms with E-state index in [2.05, 4.69) is 15.4 Å². The van der Waals surface area contributed by atoms with Crippen LogP contribution in [0.15, 0.2) is 6.07 Å². The predicted octanol–water partition coefficient (Wildman–Crippen LogP) is -0.439. The van der Waals surface area contributed by atoms with Crippen LogP contribution in [0.1, 0.15) is 24.6 Å². The molecule has 0 unspecified atom stereocenters. The number of rotatable bonds is 5. The molecule has 0 aliphatic heterocycles. The second-order valence-electron chi connectivity index (χ2n) is 4.21. The molecule has 7 heteroatoms. The fourth-order valence-corrected chi connectivity index (χ4v) is 1.56. The van der Waals surface area contributed by atoms with Crippen molar-refractivity contribution >= 4 is 17.5 Å². The number of carbonyl (C=O) groups excluding carboxylic acids is 1. The molecule has 0 radical (unpaired) electrons. The van der Waals surface area contributed by atoms with E-state index in [0.29, 0.717) is 17.6 Å². The van der Waals surface area contributed by atoms with Crippen molar-refractivity contribution in [3.05, 3.63) is 11.9 Å². The molecule has 0 spiro atoms. The van der Waals surface area contributed by atoms with Gasteiger partial charge in [-0.3, -0.25) is 4.79 Å². The zero-order chi connectivity index (χ0) is 12.4. The van der Waals surface area contributed by atoms with Crippen LogP contribution in [0.2, 0.25) is 0 Å². The van der Waals surface area contributed by atoms with Gasteiger partial charge in [-0.2, -0.15) is 0 Å². The van der Waals surface area contributed by atoms with Gasteiger partial charge in [-0.1, -0.05) is 0 Å². The Morgan fingerprint density at radius 3 is 2.82 bits per heavy atom. The van der Waals surface area contributed by atoms with Crippen LogP contribution in [0.3, 0.4) is 0 Å². The standard InChI is InChI=1S/C10H16N6O/c1-16(5-7(11)17)9-4-8(15-12)13-10(14-9)6-2-3-6/h4,6H,2-3,5,12H2,1H3,(H2,11,17)(H,13,14,15). The van der Waals surface area contributed by atoms with Crippen LogP contribution in [-0.4, -0.2) is 29.5 Å². The molecule has 0 saturated heterocycles. The Bertz CT molecular complexity index is 431. The summed E-state index contributed by atoms with van der Waals surface area (Å²) in [5, 5.41) is 0. The quantitative estimate of drug-likeness (QED) is 0.472. The number of nitrogens with one attached hydrogen (secondary N) is 1. The van der Waals surface area contributed by atoms with Gasteiger partial charge in [0.25, 0.3) is 0 Å².